The van der Waals surface area contributed by atoms with Crippen LogP contribution in [-0.4, -0.2) is 31.1 Å². The van der Waals surface area contributed by atoms with E-state index >= 15 is 0 Å². The monoisotopic (exact) mass is 341 g/mol. The summed E-state index contributed by atoms with van der Waals surface area (Å²) >= 11 is 0. The summed E-state index contributed by atoms with van der Waals surface area (Å²) < 4.78 is 0. The highest BCUT2D eigenvalue weighted by Gasteiger charge is 2.29. The van der Waals surface area contributed by atoms with E-state index in [2.05, 4.69) is 47.1 Å². The summed E-state index contributed by atoms with van der Waals surface area (Å²) in [5.41, 5.74) is 3.03. The zero-order valence-corrected chi connectivity index (χ0v) is 16.4. The Labute approximate surface area is 154 Å². The van der Waals surface area contributed by atoms with Gasteiger partial charge in [0.25, 0.3) is 0 Å². The van der Waals surface area contributed by atoms with Crippen LogP contribution in [-0.2, 0) is 6.54 Å². The van der Waals surface area contributed by atoms with Crippen molar-refractivity contribution in [2.45, 2.75) is 65.8 Å². The number of anilines is 1. The Hall–Kier alpha value is -1.53. The van der Waals surface area contributed by atoms with Gasteiger partial charge in [0.15, 0.2) is 0 Å². The smallest absolute Gasteiger partial charge is 0.0627 e. The van der Waals surface area contributed by atoms with Crippen molar-refractivity contribution in [3.63, 3.8) is 0 Å². The minimum Gasteiger partial charge on any atom is -0.372 e. The van der Waals surface area contributed by atoms with Gasteiger partial charge < -0.3 is 4.90 Å². The molecule has 2 heterocycles. The van der Waals surface area contributed by atoms with Crippen LogP contribution in [0.3, 0.4) is 0 Å². The number of nitrogens with zero attached hydrogens (tertiary/aromatic N) is 3. The average molecular weight is 342 g/mol. The quantitative estimate of drug-likeness (QED) is 0.752. The summed E-state index contributed by atoms with van der Waals surface area (Å²) in [6.07, 6.45) is 7.03. The molecule has 0 spiro atoms. The summed E-state index contributed by atoms with van der Waals surface area (Å²) in [7, 11) is 0. The van der Waals surface area contributed by atoms with Crippen LogP contribution in [0, 0.1) is 16.7 Å². The molecule has 0 amide bonds. The number of benzene rings is 1. The number of rotatable bonds is 4. The molecular weight excluding hydrogens is 306 g/mol. The number of likely N-dealkylation sites (tertiary alicyclic amines) is 1. The minimum atomic E-state index is 0.239. The standard InChI is InChI=1S/C20H29N3.C2H6/c1-20(9-12-21)10-15-22(16-11-20)17-18-5-7-19(8-6-18)23-13-3-2-4-14-23;1-2/h5-8H,2-4,9-11,13-17H2,1H3;1-2H3. The van der Waals surface area contributed by atoms with Gasteiger partial charge in [-0.2, -0.15) is 5.26 Å². The maximum Gasteiger partial charge on any atom is 0.0627 e. The summed E-state index contributed by atoms with van der Waals surface area (Å²) in [4.78, 5) is 5.05. The van der Waals surface area contributed by atoms with E-state index in [1.165, 1.54) is 43.6 Å². The second-order valence-electron chi connectivity index (χ2n) is 7.64. The van der Waals surface area contributed by atoms with E-state index in [4.69, 9.17) is 5.26 Å². The van der Waals surface area contributed by atoms with Crippen LogP contribution >= 0.6 is 0 Å². The highest BCUT2D eigenvalue weighted by atomic mass is 15.1. The normalized spacial score (nSPS) is 20.3. The first-order valence-electron chi connectivity index (χ1n) is 10.1. The van der Waals surface area contributed by atoms with Gasteiger partial charge in [-0.05, 0) is 68.3 Å². The van der Waals surface area contributed by atoms with E-state index in [-0.39, 0.29) is 5.41 Å². The lowest BCUT2D eigenvalue weighted by molar-refractivity contribution is 0.116. The van der Waals surface area contributed by atoms with E-state index in [9.17, 15) is 0 Å². The van der Waals surface area contributed by atoms with Crippen LogP contribution in [0.25, 0.3) is 0 Å². The molecule has 0 bridgehead atoms. The predicted octanol–water partition coefficient (Wildman–Crippen LogP) is 5.22. The first-order chi connectivity index (χ1) is 12.2. The molecule has 2 saturated heterocycles. The third-order valence-electron chi connectivity index (χ3n) is 5.63. The molecule has 1 aromatic carbocycles. The zero-order valence-electron chi connectivity index (χ0n) is 16.4. The van der Waals surface area contributed by atoms with Crippen molar-refractivity contribution in [1.29, 1.82) is 5.26 Å². The largest absolute Gasteiger partial charge is 0.372 e. The van der Waals surface area contributed by atoms with Crippen LogP contribution in [0.15, 0.2) is 24.3 Å². The highest BCUT2D eigenvalue weighted by Crippen LogP contribution is 2.34. The van der Waals surface area contributed by atoms with Crippen LogP contribution in [0.1, 0.15) is 64.9 Å². The fourth-order valence-electron chi connectivity index (χ4n) is 3.84. The van der Waals surface area contributed by atoms with Gasteiger partial charge >= 0.3 is 0 Å². The highest BCUT2D eigenvalue weighted by molar-refractivity contribution is 5.47. The van der Waals surface area contributed by atoms with Crippen molar-refractivity contribution in [2.75, 3.05) is 31.1 Å². The van der Waals surface area contributed by atoms with Crippen LogP contribution < -0.4 is 4.90 Å². The molecule has 0 atom stereocenters. The first-order valence-corrected chi connectivity index (χ1v) is 10.1. The number of piperidine rings is 2. The summed E-state index contributed by atoms with van der Waals surface area (Å²) in [5, 5.41) is 8.95. The maximum absolute atomic E-state index is 8.95. The fraction of sp³-hybridized carbons (Fsp3) is 0.682. The van der Waals surface area contributed by atoms with Gasteiger partial charge in [0, 0.05) is 31.7 Å². The molecular formula is C22H35N3. The Bertz CT molecular complexity index is 529. The molecule has 3 nitrogen and oxygen atoms in total. The maximum atomic E-state index is 8.95. The molecule has 1 aromatic rings. The molecule has 3 rings (SSSR count). The molecule has 0 unspecified atom stereocenters. The number of nitriles is 1. The second-order valence-corrected chi connectivity index (χ2v) is 7.64. The second kappa shape index (κ2) is 9.82. The van der Waals surface area contributed by atoms with E-state index in [1.807, 2.05) is 13.8 Å². The lowest BCUT2D eigenvalue weighted by Crippen LogP contribution is -2.38. The fourth-order valence-corrected chi connectivity index (χ4v) is 3.84. The van der Waals surface area contributed by atoms with E-state index in [0.717, 1.165) is 32.5 Å². The topological polar surface area (TPSA) is 30.3 Å². The van der Waals surface area contributed by atoms with Gasteiger partial charge in [0.1, 0.15) is 0 Å². The van der Waals surface area contributed by atoms with Crippen LogP contribution in [0.4, 0.5) is 5.69 Å². The van der Waals surface area contributed by atoms with E-state index in [0.29, 0.717) is 6.42 Å². The summed E-state index contributed by atoms with van der Waals surface area (Å²) in [6.45, 7) is 12.0. The Balaban J connectivity index is 0.00000109. The molecule has 0 aliphatic carbocycles. The molecule has 0 radical (unpaired) electrons. The van der Waals surface area contributed by atoms with Gasteiger partial charge in [0.05, 0.1) is 6.07 Å². The molecule has 0 N–H and O–H groups in total. The van der Waals surface area contributed by atoms with Crippen molar-refractivity contribution in [2.24, 2.45) is 5.41 Å². The van der Waals surface area contributed by atoms with Gasteiger partial charge in [0.2, 0.25) is 0 Å². The Kier molecular flexibility index (Phi) is 7.78. The van der Waals surface area contributed by atoms with Gasteiger partial charge in [-0.25, -0.2) is 0 Å². The summed E-state index contributed by atoms with van der Waals surface area (Å²) in [5.74, 6) is 0. The Morgan fingerprint density at radius 1 is 0.960 bits per heavy atom. The number of hydrogen-bond donors (Lipinski definition) is 0. The first kappa shape index (κ1) is 19.8. The molecule has 138 valence electrons. The van der Waals surface area contributed by atoms with Gasteiger partial charge in [-0.1, -0.05) is 32.9 Å². The Morgan fingerprint density at radius 3 is 2.12 bits per heavy atom. The molecule has 2 aliphatic rings. The lowest BCUT2D eigenvalue weighted by Gasteiger charge is -2.38. The molecule has 25 heavy (non-hydrogen) atoms. The van der Waals surface area contributed by atoms with Crippen molar-refractivity contribution in [3.8, 4) is 6.07 Å². The van der Waals surface area contributed by atoms with Gasteiger partial charge in [-0.15, -0.1) is 0 Å². The third-order valence-corrected chi connectivity index (χ3v) is 5.63. The molecule has 2 fully saturated rings. The number of hydrogen-bond acceptors (Lipinski definition) is 3. The van der Waals surface area contributed by atoms with E-state index in [1.54, 1.807) is 0 Å². The molecule has 2 aliphatic heterocycles. The molecule has 0 saturated carbocycles. The lowest BCUT2D eigenvalue weighted by atomic mass is 9.78. The molecule has 3 heteroatoms. The third kappa shape index (κ3) is 5.75. The van der Waals surface area contributed by atoms with Gasteiger partial charge in [-0.3, -0.25) is 4.90 Å². The van der Waals surface area contributed by atoms with Crippen molar-refractivity contribution in [3.05, 3.63) is 29.8 Å². The van der Waals surface area contributed by atoms with Crippen molar-refractivity contribution in [1.82, 2.24) is 4.90 Å². The van der Waals surface area contributed by atoms with Crippen LogP contribution in [0.2, 0.25) is 0 Å². The zero-order chi connectivity index (χ0) is 18.1. The molecule has 0 aromatic heterocycles. The Morgan fingerprint density at radius 2 is 1.56 bits per heavy atom. The van der Waals surface area contributed by atoms with Crippen molar-refractivity contribution < 1.29 is 0 Å². The van der Waals surface area contributed by atoms with E-state index < -0.39 is 0 Å². The average Bonchev–Trinajstić information content (AvgIpc) is 2.67. The summed E-state index contributed by atoms with van der Waals surface area (Å²) in [6, 6.07) is 11.5. The minimum absolute atomic E-state index is 0.239. The van der Waals surface area contributed by atoms with Crippen molar-refractivity contribution >= 4 is 5.69 Å². The SMILES string of the molecule is CC.CC1(CC#N)CCN(Cc2ccc(N3CCCCC3)cc2)CC1. The van der Waals surface area contributed by atoms with Crippen LogP contribution in [0.5, 0.6) is 0 Å². The predicted molar refractivity (Wildman–Crippen MR) is 107 cm³/mol.